The second-order valence-electron chi connectivity index (χ2n) is 4.32. The van der Waals surface area contributed by atoms with E-state index < -0.39 is 0 Å². The summed E-state index contributed by atoms with van der Waals surface area (Å²) >= 11 is 0. The number of rotatable bonds is 2. The normalized spacial score (nSPS) is 14.4. The highest BCUT2D eigenvalue weighted by molar-refractivity contribution is 5.45. The molecule has 0 saturated carbocycles. The Morgan fingerprint density at radius 1 is 1.17 bits per heavy atom. The average Bonchev–Trinajstić information content (AvgIpc) is 2.39. The summed E-state index contributed by atoms with van der Waals surface area (Å²) in [6.07, 6.45) is 1.83. The van der Waals surface area contributed by atoms with Crippen LogP contribution in [-0.2, 0) is 0 Å². The summed E-state index contributed by atoms with van der Waals surface area (Å²) in [5.41, 5.74) is 1.17. The number of hydrogen-bond acceptors (Lipinski definition) is 3. The van der Waals surface area contributed by atoms with E-state index in [4.69, 9.17) is 0 Å². The van der Waals surface area contributed by atoms with Crippen LogP contribution in [0.4, 0.5) is 0 Å². The minimum absolute atomic E-state index is 1.07. The third-order valence-corrected chi connectivity index (χ3v) is 2.35. The summed E-state index contributed by atoms with van der Waals surface area (Å²) in [6.45, 7) is 9.05. The monoisotopic (exact) mass is 249 g/mol. The zero-order valence-corrected chi connectivity index (χ0v) is 12.2. The van der Waals surface area contributed by atoms with E-state index in [1.807, 2.05) is 43.5 Å². The quantitative estimate of drug-likeness (QED) is 0.868. The molecule has 102 valence electrons. The smallest absolute Gasteiger partial charge is 0.0523 e. The van der Waals surface area contributed by atoms with Crippen LogP contribution in [0.1, 0.15) is 12.5 Å². The van der Waals surface area contributed by atoms with E-state index in [-0.39, 0.29) is 0 Å². The predicted octanol–water partition coefficient (Wildman–Crippen LogP) is 2.33. The van der Waals surface area contributed by atoms with Gasteiger partial charge in [0.25, 0.3) is 0 Å². The molecule has 1 saturated heterocycles. The van der Waals surface area contributed by atoms with E-state index in [2.05, 4.69) is 42.7 Å². The van der Waals surface area contributed by atoms with E-state index in [0.717, 1.165) is 19.9 Å². The lowest BCUT2D eigenvalue weighted by Crippen LogP contribution is -2.50. The molecule has 1 N–H and O–H groups in total. The van der Waals surface area contributed by atoms with E-state index in [0.29, 0.717) is 0 Å². The predicted molar refractivity (Wildman–Crippen MR) is 81.4 cm³/mol. The Morgan fingerprint density at radius 3 is 1.78 bits per heavy atom. The minimum atomic E-state index is 1.07. The zero-order valence-electron chi connectivity index (χ0n) is 12.2. The van der Waals surface area contributed by atoms with Gasteiger partial charge in [-0.1, -0.05) is 49.9 Å². The molecule has 1 heterocycles. The first-order valence-corrected chi connectivity index (χ1v) is 6.33. The number of benzene rings is 1. The first kappa shape index (κ1) is 16.8. The van der Waals surface area contributed by atoms with Gasteiger partial charge in [0, 0.05) is 0 Å². The third-order valence-electron chi connectivity index (χ3n) is 2.35. The molecular weight excluding hydrogens is 222 g/mol. The topological polar surface area (TPSA) is 18.5 Å². The maximum Gasteiger partial charge on any atom is 0.0523 e. The van der Waals surface area contributed by atoms with Crippen molar-refractivity contribution in [2.45, 2.75) is 6.92 Å². The Morgan fingerprint density at radius 2 is 1.61 bits per heavy atom. The first-order chi connectivity index (χ1) is 8.63. The number of hydrogen-bond donors (Lipinski definition) is 1. The Labute approximate surface area is 112 Å². The summed E-state index contributed by atoms with van der Waals surface area (Å²) in [5.74, 6) is 0. The van der Waals surface area contributed by atoms with Crippen molar-refractivity contribution in [1.29, 1.82) is 0 Å². The molecule has 0 bridgehead atoms. The Bertz CT molecular complexity index is 284. The first-order valence-electron chi connectivity index (χ1n) is 6.33. The lowest BCUT2D eigenvalue weighted by molar-refractivity contribution is 0.0149. The van der Waals surface area contributed by atoms with Crippen LogP contribution in [0.25, 0.3) is 6.08 Å². The highest BCUT2D eigenvalue weighted by Gasteiger charge is 2.12. The summed E-state index contributed by atoms with van der Waals surface area (Å²) in [4.78, 5) is 4.50. The second-order valence-corrected chi connectivity index (χ2v) is 4.32. The van der Waals surface area contributed by atoms with Gasteiger partial charge in [-0.3, -0.25) is 9.80 Å². The molecule has 0 aromatic heterocycles. The molecule has 1 aromatic rings. The van der Waals surface area contributed by atoms with Gasteiger partial charge < -0.3 is 5.32 Å². The van der Waals surface area contributed by atoms with E-state index in [9.17, 15) is 0 Å². The van der Waals surface area contributed by atoms with Crippen molar-refractivity contribution in [3.05, 3.63) is 42.5 Å². The number of nitrogens with zero attached hydrogens (tertiary/aromatic N) is 2. The fourth-order valence-corrected chi connectivity index (χ4v) is 1.37. The maximum absolute atomic E-state index is 3.63. The average molecular weight is 249 g/mol. The molecule has 1 aliphatic heterocycles. The fourth-order valence-electron chi connectivity index (χ4n) is 1.37. The molecule has 0 aliphatic carbocycles. The SMILES string of the molecule is C=Cc1ccccc1.CCNC.CN1CN(C)C1. The molecule has 0 amide bonds. The van der Waals surface area contributed by atoms with E-state index in [1.165, 1.54) is 5.56 Å². The Balaban J connectivity index is 0.000000257. The molecule has 18 heavy (non-hydrogen) atoms. The van der Waals surface area contributed by atoms with Gasteiger partial charge in [-0.25, -0.2) is 0 Å². The van der Waals surface area contributed by atoms with Crippen molar-refractivity contribution in [1.82, 2.24) is 15.1 Å². The van der Waals surface area contributed by atoms with Crippen LogP contribution >= 0.6 is 0 Å². The molecule has 0 atom stereocenters. The van der Waals surface area contributed by atoms with Crippen LogP contribution in [-0.4, -0.2) is 50.8 Å². The van der Waals surface area contributed by atoms with Gasteiger partial charge >= 0.3 is 0 Å². The molecule has 0 spiro atoms. The van der Waals surface area contributed by atoms with Gasteiger partial charge in [0.05, 0.1) is 13.3 Å². The summed E-state index contributed by atoms with van der Waals surface area (Å²) < 4.78 is 0. The lowest BCUT2D eigenvalue weighted by atomic mass is 10.2. The van der Waals surface area contributed by atoms with Crippen molar-refractivity contribution < 1.29 is 0 Å². The molecule has 1 aromatic carbocycles. The summed E-state index contributed by atoms with van der Waals surface area (Å²) in [7, 11) is 6.15. The maximum atomic E-state index is 3.63. The standard InChI is InChI=1S/C8H8.C4H10N2.C3H9N/c1-2-8-6-4-3-5-7-8;1-5-3-6(2)4-5;1-3-4-2/h2-7H,1H2;3-4H2,1-2H3;4H,3H2,1-2H3. The molecule has 3 nitrogen and oxygen atoms in total. The van der Waals surface area contributed by atoms with Gasteiger partial charge in [-0.05, 0) is 33.3 Å². The Kier molecular flexibility index (Phi) is 10.3. The second kappa shape index (κ2) is 11.0. The molecule has 0 unspecified atom stereocenters. The fraction of sp³-hybridized carbons (Fsp3) is 0.467. The van der Waals surface area contributed by atoms with Crippen LogP contribution in [0.2, 0.25) is 0 Å². The molecule has 1 fully saturated rings. The van der Waals surface area contributed by atoms with Crippen LogP contribution in [0.3, 0.4) is 0 Å². The van der Waals surface area contributed by atoms with Crippen LogP contribution < -0.4 is 5.32 Å². The van der Waals surface area contributed by atoms with Gasteiger partial charge in [0.15, 0.2) is 0 Å². The van der Waals surface area contributed by atoms with Crippen molar-refractivity contribution in [2.24, 2.45) is 0 Å². The molecule has 0 radical (unpaired) electrons. The molecular formula is C15H27N3. The lowest BCUT2D eigenvalue weighted by Gasteiger charge is -2.36. The number of nitrogens with one attached hydrogen (secondary N) is 1. The highest BCUT2D eigenvalue weighted by Crippen LogP contribution is 1.98. The van der Waals surface area contributed by atoms with Crippen LogP contribution in [0.5, 0.6) is 0 Å². The Hall–Kier alpha value is -1.16. The van der Waals surface area contributed by atoms with Crippen molar-refractivity contribution >= 4 is 6.08 Å². The van der Waals surface area contributed by atoms with Gasteiger partial charge in [0.2, 0.25) is 0 Å². The molecule has 3 heteroatoms. The zero-order chi connectivity index (χ0) is 13.8. The minimum Gasteiger partial charge on any atom is -0.320 e. The van der Waals surface area contributed by atoms with Gasteiger partial charge in [0.1, 0.15) is 0 Å². The van der Waals surface area contributed by atoms with E-state index >= 15 is 0 Å². The third kappa shape index (κ3) is 8.93. The highest BCUT2D eigenvalue weighted by atomic mass is 15.5. The molecule has 2 rings (SSSR count). The summed E-state index contributed by atoms with van der Waals surface area (Å²) in [5, 5.41) is 2.93. The van der Waals surface area contributed by atoms with Crippen molar-refractivity contribution in [2.75, 3.05) is 41.0 Å². The van der Waals surface area contributed by atoms with Crippen molar-refractivity contribution in [3.63, 3.8) is 0 Å². The summed E-state index contributed by atoms with van der Waals surface area (Å²) in [6, 6.07) is 10.0. The van der Waals surface area contributed by atoms with Crippen LogP contribution in [0, 0.1) is 0 Å². The van der Waals surface area contributed by atoms with E-state index in [1.54, 1.807) is 0 Å². The van der Waals surface area contributed by atoms with Gasteiger partial charge in [-0.2, -0.15) is 0 Å². The van der Waals surface area contributed by atoms with Gasteiger partial charge in [-0.15, -0.1) is 0 Å². The molecule has 1 aliphatic rings. The largest absolute Gasteiger partial charge is 0.320 e. The van der Waals surface area contributed by atoms with Crippen LogP contribution in [0.15, 0.2) is 36.9 Å². The van der Waals surface area contributed by atoms with Crippen molar-refractivity contribution in [3.8, 4) is 0 Å².